The van der Waals surface area contributed by atoms with Crippen LogP contribution in [0, 0.1) is 5.41 Å². The summed E-state index contributed by atoms with van der Waals surface area (Å²) < 4.78 is 5.39. The molecule has 2 fully saturated rings. The number of carbonyl (C=O) groups is 2. The van der Waals surface area contributed by atoms with Crippen molar-refractivity contribution < 1.29 is 14.3 Å². The zero-order valence-electron chi connectivity index (χ0n) is 15.8. The van der Waals surface area contributed by atoms with Crippen molar-refractivity contribution in [1.29, 1.82) is 0 Å². The lowest BCUT2D eigenvalue weighted by Crippen LogP contribution is -2.52. The second-order valence-electron chi connectivity index (χ2n) is 7.67. The molecule has 3 rings (SSSR count). The Hall–Kier alpha value is -1.88. The molecule has 0 radical (unpaired) electrons. The van der Waals surface area contributed by atoms with Crippen molar-refractivity contribution in [3.8, 4) is 0 Å². The SMILES string of the molecule is CCCOCC(=O)N1CCC2(CCC(=O)N(Cc3ccccc3)C2)CC1. The summed E-state index contributed by atoms with van der Waals surface area (Å²) in [5, 5.41) is 0. The van der Waals surface area contributed by atoms with Crippen molar-refractivity contribution >= 4 is 11.8 Å². The van der Waals surface area contributed by atoms with Crippen molar-refractivity contribution in [2.24, 2.45) is 5.41 Å². The van der Waals surface area contributed by atoms with Crippen LogP contribution in [0.2, 0.25) is 0 Å². The number of nitrogens with zero attached hydrogens (tertiary/aromatic N) is 2. The van der Waals surface area contributed by atoms with E-state index in [4.69, 9.17) is 4.74 Å². The van der Waals surface area contributed by atoms with E-state index in [1.165, 1.54) is 5.56 Å². The molecule has 142 valence electrons. The third-order valence-electron chi connectivity index (χ3n) is 5.72. The first kappa shape index (κ1) is 18.9. The van der Waals surface area contributed by atoms with Crippen LogP contribution in [-0.2, 0) is 20.9 Å². The minimum absolute atomic E-state index is 0.0985. The molecular formula is C21H30N2O3. The van der Waals surface area contributed by atoms with Crippen LogP contribution in [0.25, 0.3) is 0 Å². The Morgan fingerprint density at radius 2 is 1.88 bits per heavy atom. The average Bonchev–Trinajstić information content (AvgIpc) is 2.66. The highest BCUT2D eigenvalue weighted by Crippen LogP contribution is 2.40. The molecule has 0 bridgehead atoms. The van der Waals surface area contributed by atoms with Crippen molar-refractivity contribution in [2.75, 3.05) is 32.8 Å². The minimum atomic E-state index is 0.0985. The van der Waals surface area contributed by atoms with Crippen LogP contribution in [0.15, 0.2) is 30.3 Å². The van der Waals surface area contributed by atoms with Crippen LogP contribution in [-0.4, -0.2) is 54.5 Å². The maximum atomic E-state index is 12.4. The monoisotopic (exact) mass is 358 g/mol. The van der Waals surface area contributed by atoms with Crippen LogP contribution < -0.4 is 0 Å². The van der Waals surface area contributed by atoms with Gasteiger partial charge in [0.2, 0.25) is 11.8 Å². The van der Waals surface area contributed by atoms with Gasteiger partial charge in [-0.25, -0.2) is 0 Å². The van der Waals surface area contributed by atoms with E-state index in [1.807, 2.05) is 34.9 Å². The molecule has 1 spiro atoms. The fourth-order valence-electron chi connectivity index (χ4n) is 4.08. The van der Waals surface area contributed by atoms with Gasteiger partial charge < -0.3 is 14.5 Å². The van der Waals surface area contributed by atoms with Gasteiger partial charge >= 0.3 is 0 Å². The Bertz CT molecular complexity index is 609. The van der Waals surface area contributed by atoms with E-state index in [0.29, 0.717) is 19.6 Å². The summed E-state index contributed by atoms with van der Waals surface area (Å²) in [5.74, 6) is 0.354. The molecule has 5 heteroatoms. The Morgan fingerprint density at radius 3 is 2.58 bits per heavy atom. The van der Waals surface area contributed by atoms with E-state index >= 15 is 0 Å². The van der Waals surface area contributed by atoms with Gasteiger partial charge in [-0.05, 0) is 36.7 Å². The highest BCUT2D eigenvalue weighted by Gasteiger charge is 2.41. The van der Waals surface area contributed by atoms with E-state index in [1.54, 1.807) is 0 Å². The fourth-order valence-corrected chi connectivity index (χ4v) is 4.08. The maximum Gasteiger partial charge on any atom is 0.248 e. The largest absolute Gasteiger partial charge is 0.372 e. The molecule has 0 aliphatic carbocycles. The van der Waals surface area contributed by atoms with Gasteiger partial charge in [-0.3, -0.25) is 9.59 Å². The lowest BCUT2D eigenvalue weighted by molar-refractivity contribution is -0.145. The van der Waals surface area contributed by atoms with Crippen LogP contribution in [0.4, 0.5) is 0 Å². The molecule has 26 heavy (non-hydrogen) atoms. The minimum Gasteiger partial charge on any atom is -0.372 e. The molecule has 0 atom stereocenters. The molecule has 0 aromatic heterocycles. The first-order chi connectivity index (χ1) is 12.6. The molecule has 2 saturated heterocycles. The first-order valence-electron chi connectivity index (χ1n) is 9.79. The van der Waals surface area contributed by atoms with Gasteiger partial charge in [0, 0.05) is 39.2 Å². The Labute approximate surface area is 156 Å². The molecular weight excluding hydrogens is 328 g/mol. The second-order valence-corrected chi connectivity index (χ2v) is 7.67. The Balaban J connectivity index is 1.54. The predicted molar refractivity (Wildman–Crippen MR) is 100 cm³/mol. The quantitative estimate of drug-likeness (QED) is 0.735. The highest BCUT2D eigenvalue weighted by molar-refractivity contribution is 5.78. The summed E-state index contributed by atoms with van der Waals surface area (Å²) in [5.41, 5.74) is 1.35. The van der Waals surface area contributed by atoms with Crippen molar-refractivity contribution in [2.45, 2.75) is 45.6 Å². The van der Waals surface area contributed by atoms with Crippen molar-refractivity contribution in [3.05, 3.63) is 35.9 Å². The number of hydrogen-bond donors (Lipinski definition) is 0. The van der Waals surface area contributed by atoms with Crippen LogP contribution >= 0.6 is 0 Å². The van der Waals surface area contributed by atoms with E-state index in [-0.39, 0.29) is 23.8 Å². The van der Waals surface area contributed by atoms with Gasteiger partial charge in [0.25, 0.3) is 0 Å². The highest BCUT2D eigenvalue weighted by atomic mass is 16.5. The molecule has 2 heterocycles. The third kappa shape index (κ3) is 4.64. The van der Waals surface area contributed by atoms with E-state index in [0.717, 1.165) is 45.3 Å². The van der Waals surface area contributed by atoms with Crippen LogP contribution in [0.1, 0.15) is 44.6 Å². The molecule has 0 saturated carbocycles. The molecule has 1 aromatic carbocycles. The topological polar surface area (TPSA) is 49.9 Å². The summed E-state index contributed by atoms with van der Waals surface area (Å²) in [6.07, 6.45) is 4.46. The number of likely N-dealkylation sites (tertiary alicyclic amines) is 2. The van der Waals surface area contributed by atoms with Gasteiger partial charge in [0.05, 0.1) is 0 Å². The molecule has 5 nitrogen and oxygen atoms in total. The Kier molecular flexibility index (Phi) is 6.30. The van der Waals surface area contributed by atoms with Crippen LogP contribution in [0.5, 0.6) is 0 Å². The fraction of sp³-hybridized carbons (Fsp3) is 0.619. The van der Waals surface area contributed by atoms with Gasteiger partial charge in [-0.15, -0.1) is 0 Å². The Morgan fingerprint density at radius 1 is 1.15 bits per heavy atom. The normalized spacial score (nSPS) is 19.8. The van der Waals surface area contributed by atoms with E-state index in [9.17, 15) is 9.59 Å². The van der Waals surface area contributed by atoms with Crippen LogP contribution in [0.3, 0.4) is 0 Å². The zero-order chi connectivity index (χ0) is 18.4. The summed E-state index contributed by atoms with van der Waals surface area (Å²) in [4.78, 5) is 28.6. The lowest BCUT2D eigenvalue weighted by atomic mass is 9.72. The molecule has 2 amide bonds. The van der Waals surface area contributed by atoms with Gasteiger partial charge in [-0.1, -0.05) is 37.3 Å². The van der Waals surface area contributed by atoms with Crippen molar-refractivity contribution in [3.63, 3.8) is 0 Å². The van der Waals surface area contributed by atoms with Gasteiger partial charge in [-0.2, -0.15) is 0 Å². The third-order valence-corrected chi connectivity index (χ3v) is 5.72. The number of hydrogen-bond acceptors (Lipinski definition) is 3. The van der Waals surface area contributed by atoms with Crippen molar-refractivity contribution in [1.82, 2.24) is 9.80 Å². The number of piperidine rings is 2. The first-order valence-corrected chi connectivity index (χ1v) is 9.79. The summed E-state index contributed by atoms with van der Waals surface area (Å²) in [7, 11) is 0. The second kappa shape index (κ2) is 8.67. The summed E-state index contributed by atoms with van der Waals surface area (Å²) in [6.45, 7) is 5.94. The van der Waals surface area contributed by atoms with Gasteiger partial charge in [0.1, 0.15) is 6.61 Å². The van der Waals surface area contributed by atoms with Gasteiger partial charge in [0.15, 0.2) is 0 Å². The maximum absolute atomic E-state index is 12.4. The molecule has 0 N–H and O–H groups in total. The molecule has 0 unspecified atom stereocenters. The summed E-state index contributed by atoms with van der Waals surface area (Å²) in [6, 6.07) is 10.2. The molecule has 1 aromatic rings. The smallest absolute Gasteiger partial charge is 0.248 e. The number of amides is 2. The number of carbonyl (C=O) groups excluding carboxylic acids is 2. The lowest BCUT2D eigenvalue weighted by Gasteiger charge is -2.47. The number of rotatable bonds is 6. The summed E-state index contributed by atoms with van der Waals surface area (Å²) >= 11 is 0. The number of ether oxygens (including phenoxy) is 1. The number of benzene rings is 1. The zero-order valence-corrected chi connectivity index (χ0v) is 15.8. The average molecular weight is 358 g/mol. The molecule has 2 aliphatic rings. The van der Waals surface area contributed by atoms with E-state index in [2.05, 4.69) is 12.1 Å². The predicted octanol–water partition coefficient (Wildman–Crippen LogP) is 2.84. The molecule has 2 aliphatic heterocycles. The van der Waals surface area contributed by atoms with E-state index < -0.39 is 0 Å². The standard InChI is InChI=1S/C21H30N2O3/c1-2-14-26-16-20(25)22-12-10-21(11-13-22)9-8-19(24)23(17-21)15-18-6-4-3-5-7-18/h3-7H,2,8-17H2,1H3.